The Morgan fingerprint density at radius 2 is 1.87 bits per heavy atom. The van der Waals surface area contributed by atoms with E-state index in [0.29, 0.717) is 0 Å². The van der Waals surface area contributed by atoms with Gasteiger partial charge in [0.2, 0.25) is 0 Å². The van der Waals surface area contributed by atoms with E-state index in [1.54, 1.807) is 0 Å². The Kier molecular flexibility index (Phi) is 4.49. The van der Waals surface area contributed by atoms with Gasteiger partial charge in [0.25, 0.3) is 0 Å². The molecule has 0 aromatic rings. The minimum Gasteiger partial charge on any atom is -0.314 e. The third kappa shape index (κ3) is 3.79. The summed E-state index contributed by atoms with van der Waals surface area (Å²) in [5.41, 5.74) is 0. The molecule has 1 atom stereocenters. The summed E-state index contributed by atoms with van der Waals surface area (Å²) in [5, 5.41) is 3.81. The molecule has 0 aromatic heterocycles. The summed E-state index contributed by atoms with van der Waals surface area (Å²) in [6, 6.07) is 0.868. The molecule has 1 heteroatoms. The molecule has 0 saturated heterocycles. The molecule has 0 aliphatic heterocycles. The molecule has 0 radical (unpaired) electrons. The van der Waals surface area contributed by atoms with Gasteiger partial charge in [-0.2, -0.15) is 0 Å². The number of unbranched alkanes of at least 4 members (excludes halogenated alkanes) is 1. The quantitative estimate of drug-likeness (QED) is 0.673. The van der Waals surface area contributed by atoms with Gasteiger partial charge in [-0.15, -0.1) is 0 Å². The predicted molar refractivity (Wildman–Crippen MR) is 66.0 cm³/mol. The predicted octanol–water partition coefficient (Wildman–Crippen LogP) is 3.74. The fraction of sp³-hybridized carbons (Fsp3) is 1.00. The first-order valence-electron chi connectivity index (χ1n) is 7.13. The summed E-state index contributed by atoms with van der Waals surface area (Å²) >= 11 is 0. The highest BCUT2D eigenvalue weighted by Gasteiger charge is 2.30. The van der Waals surface area contributed by atoms with E-state index < -0.39 is 0 Å². The molecule has 2 rings (SSSR count). The molecule has 1 nitrogen and oxygen atoms in total. The zero-order chi connectivity index (χ0) is 10.5. The fourth-order valence-corrected chi connectivity index (χ4v) is 2.99. The van der Waals surface area contributed by atoms with Gasteiger partial charge in [-0.1, -0.05) is 32.6 Å². The lowest BCUT2D eigenvalue weighted by atomic mass is 9.96. The lowest BCUT2D eigenvalue weighted by Gasteiger charge is -2.20. The van der Waals surface area contributed by atoms with Crippen LogP contribution < -0.4 is 5.32 Å². The Labute approximate surface area is 95.0 Å². The molecule has 1 N–H and O–H groups in total. The van der Waals surface area contributed by atoms with Gasteiger partial charge in [0.1, 0.15) is 0 Å². The van der Waals surface area contributed by atoms with Crippen LogP contribution in [0.1, 0.15) is 64.7 Å². The van der Waals surface area contributed by atoms with Gasteiger partial charge < -0.3 is 5.32 Å². The molecule has 0 heterocycles. The topological polar surface area (TPSA) is 12.0 Å². The van der Waals surface area contributed by atoms with Crippen molar-refractivity contribution in [3.8, 4) is 0 Å². The Hall–Kier alpha value is -0.0400. The minimum absolute atomic E-state index is 0.868. The molecular weight excluding hydrogens is 182 g/mol. The molecule has 2 aliphatic carbocycles. The lowest BCUT2D eigenvalue weighted by molar-refractivity contribution is 0.362. The molecule has 0 spiro atoms. The molecule has 2 aliphatic rings. The average molecular weight is 209 g/mol. The van der Waals surface area contributed by atoms with E-state index >= 15 is 0 Å². The van der Waals surface area contributed by atoms with Crippen molar-refractivity contribution in [3.63, 3.8) is 0 Å². The van der Waals surface area contributed by atoms with E-state index in [0.717, 1.165) is 17.9 Å². The summed E-state index contributed by atoms with van der Waals surface area (Å²) in [6.07, 6.45) is 13.1. The van der Waals surface area contributed by atoms with Crippen LogP contribution in [0, 0.1) is 11.8 Å². The van der Waals surface area contributed by atoms with Crippen LogP contribution in [0.4, 0.5) is 0 Å². The molecule has 88 valence electrons. The summed E-state index contributed by atoms with van der Waals surface area (Å²) in [5.74, 6) is 2.09. The van der Waals surface area contributed by atoms with Crippen LogP contribution in [0.15, 0.2) is 0 Å². The van der Waals surface area contributed by atoms with Crippen LogP contribution >= 0.6 is 0 Å². The number of hydrogen-bond donors (Lipinski definition) is 1. The summed E-state index contributed by atoms with van der Waals surface area (Å²) in [4.78, 5) is 0. The number of hydrogen-bond acceptors (Lipinski definition) is 1. The van der Waals surface area contributed by atoms with E-state index in [2.05, 4.69) is 12.2 Å². The Morgan fingerprint density at radius 1 is 1.13 bits per heavy atom. The van der Waals surface area contributed by atoms with Crippen molar-refractivity contribution >= 4 is 0 Å². The first-order valence-corrected chi connectivity index (χ1v) is 7.13. The molecule has 15 heavy (non-hydrogen) atoms. The molecule has 0 aromatic carbocycles. The van der Waals surface area contributed by atoms with E-state index in [4.69, 9.17) is 0 Å². The van der Waals surface area contributed by atoms with Gasteiger partial charge in [-0.25, -0.2) is 0 Å². The van der Waals surface area contributed by atoms with Gasteiger partial charge >= 0.3 is 0 Å². The van der Waals surface area contributed by atoms with Gasteiger partial charge in [-0.05, 0) is 50.5 Å². The van der Waals surface area contributed by atoms with Crippen molar-refractivity contribution in [3.05, 3.63) is 0 Å². The summed E-state index contributed by atoms with van der Waals surface area (Å²) in [7, 11) is 0. The summed E-state index contributed by atoms with van der Waals surface area (Å²) < 4.78 is 0. The zero-order valence-corrected chi connectivity index (χ0v) is 10.3. The maximum absolute atomic E-state index is 3.81. The lowest BCUT2D eigenvalue weighted by Crippen LogP contribution is -2.32. The Bertz CT molecular complexity index is 168. The highest BCUT2D eigenvalue weighted by Crippen LogP contribution is 2.39. The molecule has 1 unspecified atom stereocenters. The van der Waals surface area contributed by atoms with Crippen LogP contribution in [-0.4, -0.2) is 12.6 Å². The van der Waals surface area contributed by atoms with Crippen LogP contribution in [0.2, 0.25) is 0 Å². The third-order valence-electron chi connectivity index (χ3n) is 4.24. The van der Waals surface area contributed by atoms with Crippen LogP contribution in [0.3, 0.4) is 0 Å². The monoisotopic (exact) mass is 209 g/mol. The van der Waals surface area contributed by atoms with Crippen molar-refractivity contribution in [2.75, 3.05) is 6.54 Å². The average Bonchev–Trinajstić information content (AvgIpc) is 2.95. The van der Waals surface area contributed by atoms with Gasteiger partial charge in [0.15, 0.2) is 0 Å². The van der Waals surface area contributed by atoms with Crippen LogP contribution in [0.25, 0.3) is 0 Å². The molecule has 0 amide bonds. The molecule has 2 saturated carbocycles. The van der Waals surface area contributed by atoms with Crippen LogP contribution in [-0.2, 0) is 0 Å². The van der Waals surface area contributed by atoms with E-state index in [-0.39, 0.29) is 0 Å². The van der Waals surface area contributed by atoms with Crippen molar-refractivity contribution in [1.29, 1.82) is 0 Å². The third-order valence-corrected chi connectivity index (χ3v) is 4.24. The number of rotatable bonds is 7. The zero-order valence-electron chi connectivity index (χ0n) is 10.3. The molecule has 0 bridgehead atoms. The highest BCUT2D eigenvalue weighted by molar-refractivity contribution is 4.84. The largest absolute Gasteiger partial charge is 0.314 e. The van der Waals surface area contributed by atoms with E-state index in [9.17, 15) is 0 Å². The standard InChI is InChI=1S/C14H27N/c1-2-3-6-13(12-9-10-12)11-15-14-7-4-5-8-14/h12-15H,2-11H2,1H3. The second-order valence-corrected chi connectivity index (χ2v) is 5.63. The maximum Gasteiger partial charge on any atom is 0.00671 e. The SMILES string of the molecule is CCCCC(CNC1CCCC1)C1CC1. The molecule has 2 fully saturated rings. The first-order chi connectivity index (χ1) is 7.40. The Balaban J connectivity index is 1.64. The van der Waals surface area contributed by atoms with Gasteiger partial charge in [0, 0.05) is 6.04 Å². The van der Waals surface area contributed by atoms with E-state index in [1.807, 2.05) is 0 Å². The fourth-order valence-electron chi connectivity index (χ4n) is 2.99. The second-order valence-electron chi connectivity index (χ2n) is 5.63. The van der Waals surface area contributed by atoms with Crippen molar-refractivity contribution in [2.45, 2.75) is 70.8 Å². The minimum atomic E-state index is 0.868. The second kappa shape index (κ2) is 5.89. The highest BCUT2D eigenvalue weighted by atomic mass is 14.9. The van der Waals surface area contributed by atoms with E-state index in [1.165, 1.54) is 64.3 Å². The summed E-state index contributed by atoms with van der Waals surface area (Å²) in [6.45, 7) is 3.63. The first kappa shape index (κ1) is 11.4. The smallest absolute Gasteiger partial charge is 0.00671 e. The van der Waals surface area contributed by atoms with Crippen molar-refractivity contribution in [2.24, 2.45) is 11.8 Å². The van der Waals surface area contributed by atoms with Gasteiger partial charge in [0.05, 0.1) is 0 Å². The Morgan fingerprint density at radius 3 is 2.47 bits per heavy atom. The van der Waals surface area contributed by atoms with Gasteiger partial charge in [-0.3, -0.25) is 0 Å². The van der Waals surface area contributed by atoms with Crippen molar-refractivity contribution in [1.82, 2.24) is 5.32 Å². The normalized spacial score (nSPS) is 24.6. The maximum atomic E-state index is 3.81. The number of nitrogens with one attached hydrogen (secondary N) is 1. The van der Waals surface area contributed by atoms with Crippen LogP contribution in [0.5, 0.6) is 0 Å². The van der Waals surface area contributed by atoms with Crippen molar-refractivity contribution < 1.29 is 0 Å². The molecular formula is C14H27N.